The summed E-state index contributed by atoms with van der Waals surface area (Å²) < 4.78 is 16.6. The van der Waals surface area contributed by atoms with Crippen LogP contribution in [0, 0.1) is 0 Å². The molecule has 0 saturated carbocycles. The van der Waals surface area contributed by atoms with Crippen molar-refractivity contribution in [1.29, 1.82) is 0 Å². The molecule has 148 valence electrons. The summed E-state index contributed by atoms with van der Waals surface area (Å²) in [5, 5.41) is 4.01. The van der Waals surface area contributed by atoms with Crippen molar-refractivity contribution in [2.45, 2.75) is 30.2 Å². The van der Waals surface area contributed by atoms with E-state index in [0.29, 0.717) is 25.3 Å². The molecule has 0 unspecified atom stereocenters. The van der Waals surface area contributed by atoms with Crippen LogP contribution in [-0.4, -0.2) is 43.2 Å². The van der Waals surface area contributed by atoms with E-state index in [1.54, 1.807) is 24.0 Å². The maximum absolute atomic E-state index is 12.8. The number of thioether (sulfide) groups is 1. The number of hydrogen-bond acceptors (Lipinski definition) is 6. The Morgan fingerprint density at radius 1 is 1.18 bits per heavy atom. The monoisotopic (exact) mass is 400 g/mol. The van der Waals surface area contributed by atoms with Crippen LogP contribution in [0.1, 0.15) is 35.7 Å². The molecule has 1 saturated heterocycles. The second kappa shape index (κ2) is 8.41. The average molecular weight is 401 g/mol. The van der Waals surface area contributed by atoms with Gasteiger partial charge in [-0.1, -0.05) is 13.0 Å². The summed E-state index contributed by atoms with van der Waals surface area (Å²) in [6.45, 7) is 4.23. The van der Waals surface area contributed by atoms with Gasteiger partial charge in [0, 0.05) is 36.9 Å². The van der Waals surface area contributed by atoms with Gasteiger partial charge in [0.2, 0.25) is 6.79 Å². The minimum atomic E-state index is -0.178. The summed E-state index contributed by atoms with van der Waals surface area (Å²) in [5.41, 5.74) is 1.61. The zero-order chi connectivity index (χ0) is 19.4. The molecule has 0 atom stereocenters. The molecule has 0 spiro atoms. The smallest absolute Gasteiger partial charge is 0.251 e. The zero-order valence-electron chi connectivity index (χ0n) is 15.9. The third-order valence-corrected chi connectivity index (χ3v) is 6.12. The van der Waals surface area contributed by atoms with Crippen molar-refractivity contribution in [2.24, 2.45) is 0 Å². The van der Waals surface area contributed by atoms with Gasteiger partial charge >= 0.3 is 0 Å². The maximum Gasteiger partial charge on any atom is 0.251 e. The number of hydrogen-bond donors (Lipinski definition) is 1. The highest BCUT2D eigenvalue weighted by Gasteiger charge is 2.36. The van der Waals surface area contributed by atoms with Crippen LogP contribution >= 0.6 is 11.8 Å². The second-order valence-corrected chi connectivity index (χ2v) is 8.24. The van der Waals surface area contributed by atoms with Crippen LogP contribution in [0.15, 0.2) is 41.6 Å². The van der Waals surface area contributed by atoms with Crippen LogP contribution in [0.4, 0.5) is 0 Å². The lowest BCUT2D eigenvalue weighted by molar-refractivity contribution is 0.0486. The summed E-state index contributed by atoms with van der Waals surface area (Å²) in [6, 6.07) is 9.68. The Kier molecular flexibility index (Phi) is 5.73. The third-order valence-electron chi connectivity index (χ3n) is 5.31. The number of rotatable bonds is 6. The SMILES string of the molecule is CCSc1cc(C(=O)NCC2(c3ccc4c(c3)OCO4)CCOCC2)ccn1. The molecule has 1 amide bonds. The Morgan fingerprint density at radius 2 is 2.00 bits per heavy atom. The van der Waals surface area contributed by atoms with Crippen molar-refractivity contribution in [3.8, 4) is 11.5 Å². The van der Waals surface area contributed by atoms with Gasteiger partial charge in [-0.15, -0.1) is 11.8 Å². The van der Waals surface area contributed by atoms with Crippen LogP contribution in [-0.2, 0) is 10.2 Å². The van der Waals surface area contributed by atoms with E-state index in [0.717, 1.165) is 40.7 Å². The third kappa shape index (κ3) is 3.95. The van der Waals surface area contributed by atoms with E-state index >= 15 is 0 Å². The molecule has 6 nitrogen and oxygen atoms in total. The number of nitrogens with zero attached hydrogens (tertiary/aromatic N) is 1. The van der Waals surface area contributed by atoms with Crippen molar-refractivity contribution >= 4 is 17.7 Å². The molecule has 1 fully saturated rings. The number of carbonyl (C=O) groups is 1. The van der Waals surface area contributed by atoms with Crippen LogP contribution in [0.25, 0.3) is 0 Å². The lowest BCUT2D eigenvalue weighted by atomic mass is 9.74. The van der Waals surface area contributed by atoms with Crippen molar-refractivity contribution < 1.29 is 19.0 Å². The molecule has 3 heterocycles. The van der Waals surface area contributed by atoms with Crippen LogP contribution in [0.5, 0.6) is 11.5 Å². The minimum Gasteiger partial charge on any atom is -0.454 e. The molecule has 2 aliphatic rings. The van der Waals surface area contributed by atoms with Gasteiger partial charge in [0.1, 0.15) is 0 Å². The molecule has 2 aromatic rings. The first-order valence-electron chi connectivity index (χ1n) is 9.55. The summed E-state index contributed by atoms with van der Waals surface area (Å²) in [5.74, 6) is 2.38. The van der Waals surface area contributed by atoms with E-state index in [-0.39, 0.29) is 18.1 Å². The van der Waals surface area contributed by atoms with Gasteiger partial charge in [0.15, 0.2) is 11.5 Å². The summed E-state index contributed by atoms with van der Waals surface area (Å²) >= 11 is 1.63. The first kappa shape index (κ1) is 19.1. The number of nitrogens with one attached hydrogen (secondary N) is 1. The van der Waals surface area contributed by atoms with Crippen LogP contribution in [0.3, 0.4) is 0 Å². The molecular weight excluding hydrogens is 376 g/mol. The molecule has 4 rings (SSSR count). The van der Waals surface area contributed by atoms with Gasteiger partial charge < -0.3 is 19.5 Å². The fourth-order valence-corrected chi connectivity index (χ4v) is 4.33. The average Bonchev–Trinajstić information content (AvgIpc) is 3.21. The van der Waals surface area contributed by atoms with Crippen molar-refractivity contribution in [2.75, 3.05) is 32.3 Å². The number of benzene rings is 1. The van der Waals surface area contributed by atoms with Gasteiger partial charge in [-0.2, -0.15) is 0 Å². The highest BCUT2D eigenvalue weighted by molar-refractivity contribution is 7.99. The predicted octanol–water partition coefficient (Wildman–Crippen LogP) is 3.40. The molecule has 1 aromatic carbocycles. The Hall–Kier alpha value is -2.25. The lowest BCUT2D eigenvalue weighted by Crippen LogP contribution is -2.44. The molecule has 28 heavy (non-hydrogen) atoms. The maximum atomic E-state index is 12.8. The lowest BCUT2D eigenvalue weighted by Gasteiger charge is -2.38. The summed E-state index contributed by atoms with van der Waals surface area (Å²) in [4.78, 5) is 17.1. The number of carbonyl (C=O) groups excluding carboxylic acids is 1. The van der Waals surface area contributed by atoms with Gasteiger partial charge in [-0.05, 0) is 48.4 Å². The number of fused-ring (bicyclic) bond motifs is 1. The molecule has 2 aliphatic heterocycles. The summed E-state index contributed by atoms with van der Waals surface area (Å²) in [7, 11) is 0. The van der Waals surface area contributed by atoms with Crippen LogP contribution < -0.4 is 14.8 Å². The number of amides is 1. The first-order valence-corrected chi connectivity index (χ1v) is 10.5. The van der Waals surface area contributed by atoms with E-state index in [1.165, 1.54) is 0 Å². The quantitative estimate of drug-likeness (QED) is 0.750. The van der Waals surface area contributed by atoms with Gasteiger partial charge in [-0.25, -0.2) is 4.98 Å². The molecule has 7 heteroatoms. The van der Waals surface area contributed by atoms with E-state index < -0.39 is 0 Å². The number of ether oxygens (including phenoxy) is 3. The van der Waals surface area contributed by atoms with Gasteiger partial charge in [-0.3, -0.25) is 4.79 Å². The van der Waals surface area contributed by atoms with Crippen molar-refractivity contribution in [3.63, 3.8) is 0 Å². The Balaban J connectivity index is 1.52. The predicted molar refractivity (Wildman–Crippen MR) is 107 cm³/mol. The van der Waals surface area contributed by atoms with E-state index in [2.05, 4.69) is 23.3 Å². The first-order chi connectivity index (χ1) is 13.7. The Labute approximate surface area is 169 Å². The van der Waals surface area contributed by atoms with Crippen molar-refractivity contribution in [1.82, 2.24) is 10.3 Å². The van der Waals surface area contributed by atoms with E-state index in [1.807, 2.05) is 18.2 Å². The minimum absolute atomic E-state index is 0.0769. The fourth-order valence-electron chi connectivity index (χ4n) is 3.69. The van der Waals surface area contributed by atoms with Gasteiger partial charge in [0.05, 0.1) is 5.03 Å². The molecule has 0 aliphatic carbocycles. The number of aromatic nitrogens is 1. The number of pyridine rings is 1. The highest BCUT2D eigenvalue weighted by atomic mass is 32.2. The van der Waals surface area contributed by atoms with Crippen LogP contribution in [0.2, 0.25) is 0 Å². The topological polar surface area (TPSA) is 69.7 Å². The zero-order valence-corrected chi connectivity index (χ0v) is 16.7. The molecule has 0 bridgehead atoms. The van der Waals surface area contributed by atoms with E-state index in [9.17, 15) is 4.79 Å². The van der Waals surface area contributed by atoms with Crippen molar-refractivity contribution in [3.05, 3.63) is 47.7 Å². The highest BCUT2D eigenvalue weighted by Crippen LogP contribution is 2.40. The largest absolute Gasteiger partial charge is 0.454 e. The second-order valence-electron chi connectivity index (χ2n) is 6.96. The Bertz CT molecular complexity index is 852. The molecule has 1 aromatic heterocycles. The normalized spacial score (nSPS) is 17.3. The summed E-state index contributed by atoms with van der Waals surface area (Å²) in [6.07, 6.45) is 3.38. The molecule has 0 radical (unpaired) electrons. The van der Waals surface area contributed by atoms with Gasteiger partial charge in [0.25, 0.3) is 5.91 Å². The molecular formula is C21H24N2O4S. The molecule has 1 N–H and O–H groups in total. The van der Waals surface area contributed by atoms with E-state index in [4.69, 9.17) is 14.2 Å². The standard InChI is InChI=1S/C21H24N2O4S/c1-2-28-19-11-15(5-8-22-19)20(24)23-13-21(6-9-25-10-7-21)16-3-4-17-18(12-16)27-14-26-17/h3-5,8,11-12H,2,6-7,9-10,13-14H2,1H3,(H,23,24). The Morgan fingerprint density at radius 3 is 2.82 bits per heavy atom. The fraction of sp³-hybridized carbons (Fsp3) is 0.429.